The molecule has 0 atom stereocenters. The summed E-state index contributed by atoms with van der Waals surface area (Å²) in [5.74, 6) is -1.97. The van der Waals surface area contributed by atoms with Crippen LogP contribution in [0.15, 0.2) is 42.5 Å². The molecule has 5 nitrogen and oxygen atoms in total. The van der Waals surface area contributed by atoms with Gasteiger partial charge in [-0.3, -0.25) is 14.4 Å². The number of primary amides is 1. The number of hydrogen-bond acceptors (Lipinski definition) is 4. The molecule has 0 aromatic heterocycles. The van der Waals surface area contributed by atoms with Gasteiger partial charge in [-0.25, -0.2) is 0 Å². The second-order valence-electron chi connectivity index (χ2n) is 8.27. The number of benzene rings is 2. The van der Waals surface area contributed by atoms with Crippen molar-refractivity contribution in [3.05, 3.63) is 59.2 Å². The molecule has 2 N–H and O–H groups in total. The summed E-state index contributed by atoms with van der Waals surface area (Å²) in [6.07, 6.45) is 0. The van der Waals surface area contributed by atoms with Gasteiger partial charge in [-0.05, 0) is 69.0 Å². The van der Waals surface area contributed by atoms with Crippen LogP contribution in [0, 0.1) is 6.92 Å². The van der Waals surface area contributed by atoms with E-state index in [4.69, 9.17) is 10.5 Å². The molecule has 28 heavy (non-hydrogen) atoms. The average Bonchev–Trinajstić information content (AvgIpc) is 2.61. The number of aryl methyl sites for hydroxylation is 1. The van der Waals surface area contributed by atoms with Gasteiger partial charge in [0.05, 0.1) is 0 Å². The van der Waals surface area contributed by atoms with E-state index in [2.05, 4.69) is 0 Å². The van der Waals surface area contributed by atoms with Gasteiger partial charge < -0.3 is 10.5 Å². The van der Waals surface area contributed by atoms with Gasteiger partial charge in [0, 0.05) is 5.56 Å². The Balaban J connectivity index is 2.19. The van der Waals surface area contributed by atoms with Gasteiger partial charge in [0.25, 0.3) is 0 Å². The zero-order chi connectivity index (χ0) is 20.9. The highest BCUT2D eigenvalue weighted by molar-refractivity contribution is 6.15. The monoisotopic (exact) mass is 379 g/mol. The molecule has 0 unspecified atom stereocenters. The largest absolute Gasteiger partial charge is 0.366 e. The van der Waals surface area contributed by atoms with Crippen molar-refractivity contribution in [1.82, 2.24) is 0 Å². The smallest absolute Gasteiger partial charge is 0.249 e. The molecule has 2 aromatic carbocycles. The minimum absolute atomic E-state index is 0.264. The Kier molecular flexibility index (Phi) is 4.76. The molecule has 1 aliphatic heterocycles. The van der Waals surface area contributed by atoms with Gasteiger partial charge in [-0.2, -0.15) is 0 Å². The number of ether oxygens (including phenoxy) is 1. The maximum absolute atomic E-state index is 13.1. The van der Waals surface area contributed by atoms with E-state index in [-0.39, 0.29) is 11.6 Å². The molecule has 1 saturated heterocycles. The fourth-order valence-electron chi connectivity index (χ4n) is 3.90. The maximum Gasteiger partial charge on any atom is 0.249 e. The standard InChI is InChI=1S/C23H25NO4/c1-13-10-11-14(15-8-6-7-9-16(15)21(24)27)12-17(13)18-19(25)22(2,3)28-23(4,5)20(18)26/h6-12,18H,1-5H3,(H2,24,27). The van der Waals surface area contributed by atoms with Crippen LogP contribution in [-0.2, 0) is 14.3 Å². The molecule has 1 amide bonds. The minimum Gasteiger partial charge on any atom is -0.366 e. The molecular formula is C23H25NO4. The van der Waals surface area contributed by atoms with Crippen LogP contribution in [0.2, 0.25) is 0 Å². The number of rotatable bonds is 3. The summed E-state index contributed by atoms with van der Waals surface area (Å²) in [6, 6.07) is 12.6. The van der Waals surface area contributed by atoms with E-state index in [1.165, 1.54) is 0 Å². The van der Waals surface area contributed by atoms with Gasteiger partial charge in [-0.1, -0.05) is 30.3 Å². The zero-order valence-corrected chi connectivity index (χ0v) is 16.8. The van der Waals surface area contributed by atoms with E-state index in [1.807, 2.05) is 31.2 Å². The van der Waals surface area contributed by atoms with E-state index in [0.717, 1.165) is 11.1 Å². The summed E-state index contributed by atoms with van der Waals surface area (Å²) < 4.78 is 5.78. The molecule has 5 heteroatoms. The first-order valence-electron chi connectivity index (χ1n) is 9.24. The van der Waals surface area contributed by atoms with E-state index in [1.54, 1.807) is 45.9 Å². The van der Waals surface area contributed by atoms with Crippen LogP contribution in [0.4, 0.5) is 0 Å². The second kappa shape index (κ2) is 6.67. The van der Waals surface area contributed by atoms with Gasteiger partial charge >= 0.3 is 0 Å². The molecule has 1 heterocycles. The van der Waals surface area contributed by atoms with Gasteiger partial charge in [0.1, 0.15) is 17.1 Å². The lowest BCUT2D eigenvalue weighted by molar-refractivity contribution is -0.184. The summed E-state index contributed by atoms with van der Waals surface area (Å²) in [5.41, 5.74) is 6.63. The van der Waals surface area contributed by atoms with Crippen LogP contribution in [0.3, 0.4) is 0 Å². The van der Waals surface area contributed by atoms with Crippen LogP contribution < -0.4 is 5.73 Å². The molecule has 146 valence electrons. The van der Waals surface area contributed by atoms with Crippen molar-refractivity contribution in [1.29, 1.82) is 0 Å². The van der Waals surface area contributed by atoms with Crippen LogP contribution in [-0.4, -0.2) is 28.7 Å². The number of nitrogens with two attached hydrogens (primary N) is 1. The van der Waals surface area contributed by atoms with E-state index < -0.39 is 23.0 Å². The summed E-state index contributed by atoms with van der Waals surface area (Å²) >= 11 is 0. The van der Waals surface area contributed by atoms with Crippen LogP contribution >= 0.6 is 0 Å². The Labute approximate surface area is 164 Å². The fraction of sp³-hybridized carbons (Fsp3) is 0.348. The lowest BCUT2D eigenvalue weighted by Crippen LogP contribution is -2.58. The molecule has 1 aliphatic rings. The summed E-state index contributed by atoms with van der Waals surface area (Å²) in [7, 11) is 0. The van der Waals surface area contributed by atoms with Gasteiger partial charge in [-0.15, -0.1) is 0 Å². The lowest BCUT2D eigenvalue weighted by Gasteiger charge is -2.43. The van der Waals surface area contributed by atoms with Crippen LogP contribution in [0.25, 0.3) is 11.1 Å². The van der Waals surface area contributed by atoms with E-state index in [9.17, 15) is 14.4 Å². The predicted molar refractivity (Wildman–Crippen MR) is 107 cm³/mol. The fourth-order valence-corrected chi connectivity index (χ4v) is 3.90. The lowest BCUT2D eigenvalue weighted by atomic mass is 9.73. The van der Waals surface area contributed by atoms with Crippen molar-refractivity contribution >= 4 is 17.5 Å². The predicted octanol–water partition coefficient (Wildman–Crippen LogP) is 3.57. The molecule has 3 rings (SSSR count). The van der Waals surface area contributed by atoms with Crippen molar-refractivity contribution < 1.29 is 19.1 Å². The summed E-state index contributed by atoms with van der Waals surface area (Å²) in [5, 5.41) is 0. The number of amides is 1. The molecule has 2 aromatic rings. The molecule has 0 radical (unpaired) electrons. The first kappa shape index (κ1) is 20.0. The number of carbonyl (C=O) groups excluding carboxylic acids is 3. The highest BCUT2D eigenvalue weighted by Gasteiger charge is 2.53. The quantitative estimate of drug-likeness (QED) is 0.826. The topological polar surface area (TPSA) is 86.5 Å². The Morgan fingerprint density at radius 3 is 2.11 bits per heavy atom. The van der Waals surface area contributed by atoms with Crippen molar-refractivity contribution in [2.75, 3.05) is 0 Å². The Hall–Kier alpha value is -2.79. The first-order chi connectivity index (χ1) is 13.0. The Morgan fingerprint density at radius 1 is 0.964 bits per heavy atom. The third-order valence-corrected chi connectivity index (χ3v) is 5.32. The van der Waals surface area contributed by atoms with Crippen LogP contribution in [0.1, 0.15) is 55.1 Å². The SMILES string of the molecule is Cc1ccc(-c2ccccc2C(N)=O)cc1C1C(=O)C(C)(C)OC(C)(C)C1=O. The van der Waals surface area contributed by atoms with E-state index >= 15 is 0 Å². The normalized spacial score (nSPS) is 18.9. The molecule has 0 aliphatic carbocycles. The summed E-state index contributed by atoms with van der Waals surface area (Å²) in [6.45, 7) is 8.64. The second-order valence-corrected chi connectivity index (χ2v) is 8.27. The third kappa shape index (κ3) is 3.27. The molecule has 0 saturated carbocycles. The summed E-state index contributed by atoms with van der Waals surface area (Å²) in [4.78, 5) is 38.0. The number of carbonyl (C=O) groups is 3. The van der Waals surface area contributed by atoms with Crippen LogP contribution in [0.5, 0.6) is 0 Å². The average molecular weight is 379 g/mol. The minimum atomic E-state index is -1.07. The Morgan fingerprint density at radius 2 is 1.54 bits per heavy atom. The number of hydrogen-bond donors (Lipinski definition) is 1. The zero-order valence-electron chi connectivity index (χ0n) is 16.8. The van der Waals surface area contributed by atoms with Crippen molar-refractivity contribution in [3.63, 3.8) is 0 Å². The highest BCUT2D eigenvalue weighted by Crippen LogP contribution is 2.40. The Bertz CT molecular complexity index is 962. The molecule has 0 bridgehead atoms. The van der Waals surface area contributed by atoms with E-state index in [0.29, 0.717) is 16.7 Å². The third-order valence-electron chi connectivity index (χ3n) is 5.32. The van der Waals surface area contributed by atoms with Gasteiger partial charge in [0.2, 0.25) is 5.91 Å². The van der Waals surface area contributed by atoms with Gasteiger partial charge in [0.15, 0.2) is 11.6 Å². The molecule has 0 spiro atoms. The highest BCUT2D eigenvalue weighted by atomic mass is 16.5. The van der Waals surface area contributed by atoms with Crippen molar-refractivity contribution in [2.24, 2.45) is 5.73 Å². The number of ketones is 2. The first-order valence-corrected chi connectivity index (χ1v) is 9.24. The molecular weight excluding hydrogens is 354 g/mol. The van der Waals surface area contributed by atoms with Crippen molar-refractivity contribution in [3.8, 4) is 11.1 Å². The maximum atomic E-state index is 13.1. The van der Waals surface area contributed by atoms with Crippen molar-refractivity contribution in [2.45, 2.75) is 51.7 Å². The number of Topliss-reactive ketones (excluding diaryl/α,β-unsaturated/α-hetero) is 2. The molecule has 1 fully saturated rings.